The predicted octanol–water partition coefficient (Wildman–Crippen LogP) is 2.92. The number of thiazole rings is 1. The maximum absolute atomic E-state index is 4.45. The van der Waals surface area contributed by atoms with Crippen LogP contribution in [-0.2, 0) is 6.42 Å². The van der Waals surface area contributed by atoms with Crippen molar-refractivity contribution in [2.24, 2.45) is 4.99 Å². The van der Waals surface area contributed by atoms with Gasteiger partial charge in [-0.3, -0.25) is 4.99 Å². The monoisotopic (exact) mass is 396 g/mol. The SMILES string of the molecule is CCCCN(C)C(=NC)NCCc1csc(C)n1.I. The molecule has 19 heavy (non-hydrogen) atoms. The number of aromatic nitrogens is 1. The molecule has 1 aromatic rings. The van der Waals surface area contributed by atoms with Gasteiger partial charge in [0.2, 0.25) is 0 Å². The maximum Gasteiger partial charge on any atom is 0.193 e. The Morgan fingerprint density at radius 1 is 1.53 bits per heavy atom. The number of hydrogen-bond donors (Lipinski definition) is 1. The fraction of sp³-hybridized carbons (Fsp3) is 0.692. The first-order valence-electron chi connectivity index (χ1n) is 6.50. The molecule has 4 nitrogen and oxygen atoms in total. The largest absolute Gasteiger partial charge is 0.356 e. The van der Waals surface area contributed by atoms with Crippen LogP contribution in [0.25, 0.3) is 0 Å². The molecular formula is C13H25IN4S. The number of hydrogen-bond acceptors (Lipinski definition) is 3. The summed E-state index contributed by atoms with van der Waals surface area (Å²) in [4.78, 5) is 10.9. The van der Waals surface area contributed by atoms with Crippen molar-refractivity contribution in [3.05, 3.63) is 16.1 Å². The first kappa shape index (κ1) is 18.6. The number of aliphatic imine (C=N–C) groups is 1. The Bertz CT molecular complexity index is 378. The normalized spacial score (nSPS) is 11.1. The Morgan fingerprint density at radius 3 is 2.79 bits per heavy atom. The highest BCUT2D eigenvalue weighted by atomic mass is 127. The molecule has 6 heteroatoms. The molecule has 0 saturated carbocycles. The van der Waals surface area contributed by atoms with Gasteiger partial charge in [-0.1, -0.05) is 13.3 Å². The van der Waals surface area contributed by atoms with E-state index in [1.807, 2.05) is 14.0 Å². The minimum Gasteiger partial charge on any atom is -0.356 e. The molecule has 0 saturated heterocycles. The van der Waals surface area contributed by atoms with Crippen molar-refractivity contribution in [1.29, 1.82) is 0 Å². The van der Waals surface area contributed by atoms with Crippen LogP contribution in [0.3, 0.4) is 0 Å². The molecule has 110 valence electrons. The Kier molecular flexibility index (Phi) is 10.2. The molecule has 0 aliphatic heterocycles. The first-order chi connectivity index (χ1) is 8.67. The summed E-state index contributed by atoms with van der Waals surface area (Å²) in [6, 6.07) is 0. The van der Waals surface area contributed by atoms with Crippen LogP contribution in [0.2, 0.25) is 0 Å². The van der Waals surface area contributed by atoms with E-state index in [4.69, 9.17) is 0 Å². The van der Waals surface area contributed by atoms with E-state index >= 15 is 0 Å². The number of guanidine groups is 1. The van der Waals surface area contributed by atoms with Crippen molar-refractivity contribution < 1.29 is 0 Å². The summed E-state index contributed by atoms with van der Waals surface area (Å²) in [7, 11) is 3.91. The molecule has 1 N–H and O–H groups in total. The number of nitrogens with one attached hydrogen (secondary N) is 1. The number of halogens is 1. The molecule has 0 bridgehead atoms. The lowest BCUT2D eigenvalue weighted by Crippen LogP contribution is -2.40. The lowest BCUT2D eigenvalue weighted by Gasteiger charge is -2.21. The van der Waals surface area contributed by atoms with Crippen LogP contribution in [0.15, 0.2) is 10.4 Å². The summed E-state index contributed by atoms with van der Waals surface area (Å²) in [5.41, 5.74) is 1.16. The van der Waals surface area contributed by atoms with E-state index in [0.29, 0.717) is 0 Å². The highest BCUT2D eigenvalue weighted by molar-refractivity contribution is 14.0. The van der Waals surface area contributed by atoms with Gasteiger partial charge in [0.1, 0.15) is 0 Å². The molecule has 1 heterocycles. The molecule has 0 spiro atoms. The number of nitrogens with zero attached hydrogens (tertiary/aromatic N) is 3. The molecule has 0 atom stereocenters. The third kappa shape index (κ3) is 7.10. The van der Waals surface area contributed by atoms with Crippen LogP contribution < -0.4 is 5.32 Å². The van der Waals surface area contributed by atoms with Gasteiger partial charge >= 0.3 is 0 Å². The van der Waals surface area contributed by atoms with Crippen molar-refractivity contribution in [2.75, 3.05) is 27.2 Å². The minimum atomic E-state index is 0. The molecule has 0 unspecified atom stereocenters. The van der Waals surface area contributed by atoms with E-state index in [9.17, 15) is 0 Å². The fourth-order valence-electron chi connectivity index (χ4n) is 1.71. The summed E-state index contributed by atoms with van der Waals surface area (Å²) in [5.74, 6) is 0.968. The average molecular weight is 396 g/mol. The molecule has 0 amide bonds. The first-order valence-corrected chi connectivity index (χ1v) is 7.38. The van der Waals surface area contributed by atoms with Gasteiger partial charge in [0.25, 0.3) is 0 Å². The second-order valence-corrected chi connectivity index (χ2v) is 5.42. The van der Waals surface area contributed by atoms with E-state index in [0.717, 1.165) is 36.2 Å². The van der Waals surface area contributed by atoms with Crippen LogP contribution in [0.1, 0.15) is 30.5 Å². The van der Waals surface area contributed by atoms with Crippen molar-refractivity contribution in [3.8, 4) is 0 Å². The van der Waals surface area contributed by atoms with Crippen LogP contribution in [0, 0.1) is 6.92 Å². The van der Waals surface area contributed by atoms with Gasteiger partial charge in [-0.15, -0.1) is 35.3 Å². The summed E-state index contributed by atoms with van der Waals surface area (Å²) in [6.07, 6.45) is 3.35. The van der Waals surface area contributed by atoms with Crippen molar-refractivity contribution in [2.45, 2.75) is 33.1 Å². The molecule has 0 radical (unpaired) electrons. The van der Waals surface area contributed by atoms with Gasteiger partial charge in [0.05, 0.1) is 10.7 Å². The second kappa shape index (κ2) is 10.4. The quantitative estimate of drug-likeness (QED) is 0.457. The van der Waals surface area contributed by atoms with Gasteiger partial charge in [-0.2, -0.15) is 0 Å². The smallest absolute Gasteiger partial charge is 0.193 e. The van der Waals surface area contributed by atoms with E-state index in [-0.39, 0.29) is 24.0 Å². The summed E-state index contributed by atoms with van der Waals surface area (Å²) in [5, 5.41) is 6.64. The van der Waals surface area contributed by atoms with E-state index < -0.39 is 0 Å². The van der Waals surface area contributed by atoms with E-state index in [1.165, 1.54) is 12.8 Å². The number of unbranched alkanes of at least 4 members (excludes halogenated alkanes) is 1. The zero-order valence-corrected chi connectivity index (χ0v) is 15.4. The predicted molar refractivity (Wildman–Crippen MR) is 94.9 cm³/mol. The molecule has 1 rings (SSSR count). The van der Waals surface area contributed by atoms with Crippen LogP contribution >= 0.6 is 35.3 Å². The zero-order valence-electron chi connectivity index (χ0n) is 12.3. The highest BCUT2D eigenvalue weighted by Gasteiger charge is 2.05. The standard InChI is InChI=1S/C13H24N4S.HI/c1-5-6-9-17(4)13(14-3)15-8-7-12-10-18-11(2)16-12;/h10H,5-9H2,1-4H3,(H,14,15);1H. The Morgan fingerprint density at radius 2 is 2.26 bits per heavy atom. The van der Waals surface area contributed by atoms with Crippen molar-refractivity contribution >= 4 is 41.3 Å². The number of aryl methyl sites for hydroxylation is 1. The highest BCUT2D eigenvalue weighted by Crippen LogP contribution is 2.07. The average Bonchev–Trinajstić information content (AvgIpc) is 2.77. The molecule has 0 aliphatic rings. The molecule has 0 aliphatic carbocycles. The third-order valence-corrected chi connectivity index (χ3v) is 3.57. The fourth-order valence-corrected chi connectivity index (χ4v) is 2.36. The summed E-state index contributed by atoms with van der Waals surface area (Å²) in [6.45, 7) is 6.17. The van der Waals surface area contributed by atoms with E-state index in [2.05, 4.69) is 39.5 Å². The Balaban J connectivity index is 0.00000324. The van der Waals surface area contributed by atoms with Crippen LogP contribution in [-0.4, -0.2) is 43.0 Å². The Hall–Kier alpha value is -0.370. The van der Waals surface area contributed by atoms with Gasteiger partial charge < -0.3 is 10.2 Å². The zero-order chi connectivity index (χ0) is 13.4. The maximum atomic E-state index is 4.45. The van der Waals surface area contributed by atoms with Crippen LogP contribution in [0.5, 0.6) is 0 Å². The topological polar surface area (TPSA) is 40.5 Å². The Labute approximate surface area is 137 Å². The lowest BCUT2D eigenvalue weighted by molar-refractivity contribution is 0.465. The summed E-state index contributed by atoms with van der Waals surface area (Å²) < 4.78 is 0. The van der Waals surface area contributed by atoms with Gasteiger partial charge in [0.15, 0.2) is 5.96 Å². The molecular weight excluding hydrogens is 371 g/mol. The van der Waals surface area contributed by atoms with Crippen molar-refractivity contribution in [3.63, 3.8) is 0 Å². The van der Waals surface area contributed by atoms with Crippen molar-refractivity contribution in [1.82, 2.24) is 15.2 Å². The molecule has 1 aromatic heterocycles. The molecule has 0 aromatic carbocycles. The van der Waals surface area contributed by atoms with E-state index in [1.54, 1.807) is 11.3 Å². The second-order valence-electron chi connectivity index (χ2n) is 4.36. The third-order valence-electron chi connectivity index (χ3n) is 2.75. The molecule has 0 fully saturated rings. The summed E-state index contributed by atoms with van der Waals surface area (Å²) >= 11 is 1.71. The lowest BCUT2D eigenvalue weighted by atomic mass is 10.3. The van der Waals surface area contributed by atoms with Gasteiger partial charge in [0, 0.05) is 39.0 Å². The van der Waals surface area contributed by atoms with Crippen LogP contribution in [0.4, 0.5) is 0 Å². The van der Waals surface area contributed by atoms with Gasteiger partial charge in [-0.05, 0) is 13.3 Å². The minimum absolute atomic E-state index is 0. The number of rotatable bonds is 6. The van der Waals surface area contributed by atoms with Gasteiger partial charge in [-0.25, -0.2) is 4.98 Å².